The highest BCUT2D eigenvalue weighted by atomic mass is 32.2. The van der Waals surface area contributed by atoms with Crippen molar-refractivity contribution < 1.29 is 0 Å². The monoisotopic (exact) mass is 140 g/mol. The van der Waals surface area contributed by atoms with Crippen LogP contribution in [-0.4, -0.2) is 11.2 Å². The zero-order valence-corrected chi connectivity index (χ0v) is 5.98. The second-order valence-electron chi connectivity index (χ2n) is 1.52. The van der Waals surface area contributed by atoms with E-state index in [4.69, 9.17) is 0 Å². The third-order valence-corrected chi connectivity index (χ3v) is 1.28. The summed E-state index contributed by atoms with van der Waals surface area (Å²) in [6.45, 7) is 0. The summed E-state index contributed by atoms with van der Waals surface area (Å²) in [4.78, 5) is 4.04. The second-order valence-corrected chi connectivity index (χ2v) is 2.13. The molecule has 0 bridgehead atoms. The summed E-state index contributed by atoms with van der Waals surface area (Å²) < 4.78 is 3.01. The predicted molar refractivity (Wildman–Crippen MR) is 41.4 cm³/mol. The molecule has 1 aromatic heterocycles. The number of hydrogen-bond acceptors (Lipinski definition) is 3. The van der Waals surface area contributed by atoms with Gasteiger partial charge in [0.25, 0.3) is 0 Å². The average molecular weight is 140 g/mol. The number of hydrogen-bond donors (Lipinski definition) is 1. The van der Waals surface area contributed by atoms with Gasteiger partial charge in [-0.2, -0.15) is 0 Å². The standard InChI is InChI=1S/C6H8N2S/c1-9-8-6-4-2-3-5-7-6/h2-5H,1H3,(H,7,8). The first kappa shape index (κ1) is 6.42. The highest BCUT2D eigenvalue weighted by molar-refractivity contribution is 7.99. The zero-order valence-electron chi connectivity index (χ0n) is 5.16. The van der Waals surface area contributed by atoms with Gasteiger partial charge in [0.1, 0.15) is 5.82 Å². The Bertz CT molecular complexity index is 164. The van der Waals surface area contributed by atoms with Crippen LogP contribution in [0.5, 0.6) is 0 Å². The lowest BCUT2D eigenvalue weighted by Crippen LogP contribution is -1.85. The Morgan fingerprint density at radius 1 is 1.56 bits per heavy atom. The second kappa shape index (κ2) is 3.35. The van der Waals surface area contributed by atoms with Crippen molar-refractivity contribution in [2.24, 2.45) is 0 Å². The van der Waals surface area contributed by atoms with Crippen LogP contribution in [0.2, 0.25) is 0 Å². The van der Waals surface area contributed by atoms with Crippen LogP contribution in [0.15, 0.2) is 24.4 Å². The lowest BCUT2D eigenvalue weighted by molar-refractivity contribution is 1.34. The fourth-order valence-corrected chi connectivity index (χ4v) is 0.858. The van der Waals surface area contributed by atoms with Gasteiger partial charge in [-0.1, -0.05) is 18.0 Å². The highest BCUT2D eigenvalue weighted by Crippen LogP contribution is 2.03. The van der Waals surface area contributed by atoms with Crippen LogP contribution < -0.4 is 4.72 Å². The number of anilines is 1. The van der Waals surface area contributed by atoms with Crippen LogP contribution in [0, 0.1) is 0 Å². The molecule has 0 saturated carbocycles. The van der Waals surface area contributed by atoms with Gasteiger partial charge in [-0.25, -0.2) is 4.98 Å². The Kier molecular flexibility index (Phi) is 2.39. The summed E-state index contributed by atoms with van der Waals surface area (Å²) in [5.41, 5.74) is 0. The van der Waals surface area contributed by atoms with Crippen molar-refractivity contribution in [1.82, 2.24) is 4.98 Å². The Hall–Kier alpha value is -0.700. The zero-order chi connectivity index (χ0) is 6.53. The fourth-order valence-electron chi connectivity index (χ4n) is 0.528. The molecule has 1 aromatic rings. The number of aromatic nitrogens is 1. The lowest BCUT2D eigenvalue weighted by Gasteiger charge is -1.96. The van der Waals surface area contributed by atoms with Crippen LogP contribution in [0.4, 0.5) is 5.82 Å². The van der Waals surface area contributed by atoms with Crippen molar-refractivity contribution in [3.05, 3.63) is 24.4 Å². The summed E-state index contributed by atoms with van der Waals surface area (Å²) in [7, 11) is 0. The molecule has 0 aliphatic rings. The minimum atomic E-state index is 0.907. The van der Waals surface area contributed by atoms with Crippen molar-refractivity contribution >= 4 is 17.8 Å². The van der Waals surface area contributed by atoms with Crippen molar-refractivity contribution in [2.75, 3.05) is 11.0 Å². The van der Waals surface area contributed by atoms with Crippen molar-refractivity contribution in [2.45, 2.75) is 0 Å². The molecule has 1 N–H and O–H groups in total. The third kappa shape index (κ3) is 1.93. The van der Waals surface area contributed by atoms with E-state index in [0.29, 0.717) is 0 Å². The van der Waals surface area contributed by atoms with Crippen LogP contribution in [0.25, 0.3) is 0 Å². The molecule has 0 radical (unpaired) electrons. The first-order valence-electron chi connectivity index (χ1n) is 2.63. The van der Waals surface area contributed by atoms with Crippen LogP contribution in [0.1, 0.15) is 0 Å². The Morgan fingerprint density at radius 3 is 3.00 bits per heavy atom. The molecule has 0 aliphatic carbocycles. The first-order valence-corrected chi connectivity index (χ1v) is 3.86. The van der Waals surface area contributed by atoms with E-state index in [2.05, 4.69) is 9.71 Å². The lowest BCUT2D eigenvalue weighted by atomic mass is 10.5. The third-order valence-electron chi connectivity index (χ3n) is 0.872. The van der Waals surface area contributed by atoms with E-state index in [1.807, 2.05) is 24.5 Å². The quantitative estimate of drug-likeness (QED) is 0.634. The fraction of sp³-hybridized carbons (Fsp3) is 0.167. The van der Waals surface area contributed by atoms with Gasteiger partial charge >= 0.3 is 0 Å². The molecule has 0 unspecified atom stereocenters. The molecule has 2 nitrogen and oxygen atoms in total. The molecule has 0 atom stereocenters. The largest absolute Gasteiger partial charge is 0.315 e. The average Bonchev–Trinajstić information content (AvgIpc) is 1.91. The Morgan fingerprint density at radius 2 is 2.44 bits per heavy atom. The normalized spacial score (nSPS) is 9.00. The molecular weight excluding hydrogens is 132 g/mol. The van der Waals surface area contributed by atoms with Gasteiger partial charge in [0, 0.05) is 12.5 Å². The van der Waals surface area contributed by atoms with E-state index < -0.39 is 0 Å². The maximum Gasteiger partial charge on any atom is 0.135 e. The van der Waals surface area contributed by atoms with Gasteiger partial charge in [0.05, 0.1) is 0 Å². The van der Waals surface area contributed by atoms with E-state index in [1.165, 1.54) is 0 Å². The number of pyridine rings is 1. The minimum absolute atomic E-state index is 0.907. The molecule has 0 saturated heterocycles. The maximum absolute atomic E-state index is 4.04. The van der Waals surface area contributed by atoms with Gasteiger partial charge < -0.3 is 4.72 Å². The van der Waals surface area contributed by atoms with E-state index in [-0.39, 0.29) is 0 Å². The summed E-state index contributed by atoms with van der Waals surface area (Å²) >= 11 is 1.54. The molecule has 0 aromatic carbocycles. The predicted octanol–water partition coefficient (Wildman–Crippen LogP) is 1.77. The molecule has 3 heteroatoms. The minimum Gasteiger partial charge on any atom is -0.315 e. The van der Waals surface area contributed by atoms with Gasteiger partial charge in [-0.15, -0.1) is 0 Å². The number of nitrogens with zero attached hydrogens (tertiary/aromatic N) is 1. The Balaban J connectivity index is 2.61. The summed E-state index contributed by atoms with van der Waals surface area (Å²) in [6.07, 6.45) is 3.73. The number of rotatable bonds is 2. The van der Waals surface area contributed by atoms with E-state index >= 15 is 0 Å². The molecule has 0 amide bonds. The van der Waals surface area contributed by atoms with Crippen molar-refractivity contribution in [3.8, 4) is 0 Å². The summed E-state index contributed by atoms with van der Waals surface area (Å²) in [5.74, 6) is 0.907. The smallest absolute Gasteiger partial charge is 0.135 e. The van der Waals surface area contributed by atoms with Crippen molar-refractivity contribution in [3.63, 3.8) is 0 Å². The molecule has 9 heavy (non-hydrogen) atoms. The summed E-state index contributed by atoms with van der Waals surface area (Å²) in [6, 6.07) is 5.77. The highest BCUT2D eigenvalue weighted by Gasteiger charge is 1.83. The molecule has 1 heterocycles. The van der Waals surface area contributed by atoms with E-state index in [9.17, 15) is 0 Å². The van der Waals surface area contributed by atoms with Crippen LogP contribution >= 0.6 is 11.9 Å². The first-order chi connectivity index (χ1) is 4.43. The molecule has 48 valence electrons. The van der Waals surface area contributed by atoms with Gasteiger partial charge in [-0.3, -0.25) is 0 Å². The molecule has 0 aliphatic heterocycles. The van der Waals surface area contributed by atoms with Crippen LogP contribution in [0.3, 0.4) is 0 Å². The Labute approximate surface area is 58.8 Å². The molecular formula is C6H8N2S. The van der Waals surface area contributed by atoms with Crippen molar-refractivity contribution in [1.29, 1.82) is 0 Å². The molecule has 0 spiro atoms. The van der Waals surface area contributed by atoms with Crippen LogP contribution in [-0.2, 0) is 0 Å². The summed E-state index contributed by atoms with van der Waals surface area (Å²) in [5, 5.41) is 0. The van der Waals surface area contributed by atoms with E-state index in [0.717, 1.165) is 5.82 Å². The molecule has 1 rings (SSSR count). The SMILES string of the molecule is CSNc1ccccn1. The van der Waals surface area contributed by atoms with Gasteiger partial charge in [0.15, 0.2) is 0 Å². The molecule has 0 fully saturated rings. The topological polar surface area (TPSA) is 24.9 Å². The van der Waals surface area contributed by atoms with Gasteiger partial charge in [-0.05, 0) is 12.1 Å². The number of nitrogens with one attached hydrogen (secondary N) is 1. The van der Waals surface area contributed by atoms with Gasteiger partial charge in [0.2, 0.25) is 0 Å². The van der Waals surface area contributed by atoms with E-state index in [1.54, 1.807) is 18.1 Å². The maximum atomic E-state index is 4.04.